The molecule has 1 heterocycles. The molecular formula is C15H19NO5. The number of aliphatic hydroxyl groups is 1. The highest BCUT2D eigenvalue weighted by molar-refractivity contribution is 5.80. The summed E-state index contributed by atoms with van der Waals surface area (Å²) in [5.41, 5.74) is 0.768. The molecule has 0 spiro atoms. The number of carbonyl (C=O) groups is 2. The number of rotatable bonds is 5. The highest BCUT2D eigenvalue weighted by atomic mass is 16.4. The maximum Gasteiger partial charge on any atom is 0.308 e. The number of aliphatic carboxylic acids is 2. The molecule has 0 amide bonds. The Morgan fingerprint density at radius 3 is 2.33 bits per heavy atom. The van der Waals surface area contributed by atoms with Gasteiger partial charge in [0, 0.05) is 13.1 Å². The molecule has 21 heavy (non-hydrogen) atoms. The quantitative estimate of drug-likeness (QED) is 0.744. The van der Waals surface area contributed by atoms with Crippen LogP contribution < -0.4 is 0 Å². The second kappa shape index (κ2) is 6.69. The van der Waals surface area contributed by atoms with Crippen LogP contribution in [0.1, 0.15) is 18.1 Å². The van der Waals surface area contributed by atoms with Crippen molar-refractivity contribution in [1.82, 2.24) is 4.90 Å². The van der Waals surface area contributed by atoms with Crippen LogP contribution in [0.4, 0.5) is 0 Å². The summed E-state index contributed by atoms with van der Waals surface area (Å²) in [7, 11) is 0. The van der Waals surface area contributed by atoms with E-state index >= 15 is 0 Å². The van der Waals surface area contributed by atoms with Gasteiger partial charge in [0.25, 0.3) is 0 Å². The van der Waals surface area contributed by atoms with Gasteiger partial charge in [-0.3, -0.25) is 14.5 Å². The summed E-state index contributed by atoms with van der Waals surface area (Å²) in [6, 6.07) is 9.13. The molecule has 1 saturated heterocycles. The zero-order chi connectivity index (χ0) is 15.4. The number of hydrogen-bond donors (Lipinski definition) is 3. The molecule has 3 N–H and O–H groups in total. The van der Waals surface area contributed by atoms with E-state index in [0.717, 1.165) is 5.56 Å². The number of piperidine rings is 1. The monoisotopic (exact) mass is 293 g/mol. The molecule has 6 heteroatoms. The SMILES string of the molecule is O=C(O)C1CCN(CC(O)c2ccccc2)CC1C(=O)O. The van der Waals surface area contributed by atoms with Crippen molar-refractivity contribution in [3.8, 4) is 0 Å². The van der Waals surface area contributed by atoms with E-state index in [4.69, 9.17) is 5.11 Å². The second-order valence-corrected chi connectivity index (χ2v) is 5.36. The van der Waals surface area contributed by atoms with Gasteiger partial charge in [-0.2, -0.15) is 0 Å². The third-order valence-corrected chi connectivity index (χ3v) is 3.95. The standard InChI is InChI=1S/C15H19NO5/c17-13(10-4-2-1-3-5-10)9-16-7-6-11(14(18)19)12(8-16)15(20)21/h1-5,11-13,17H,6-9H2,(H,18,19)(H,20,21). The molecule has 1 aromatic carbocycles. The Labute approximate surface area is 122 Å². The van der Waals surface area contributed by atoms with Gasteiger partial charge in [-0.1, -0.05) is 30.3 Å². The van der Waals surface area contributed by atoms with Gasteiger partial charge in [-0.05, 0) is 18.5 Å². The van der Waals surface area contributed by atoms with Crippen molar-refractivity contribution in [2.45, 2.75) is 12.5 Å². The number of aliphatic hydroxyl groups excluding tert-OH is 1. The summed E-state index contributed by atoms with van der Waals surface area (Å²) >= 11 is 0. The van der Waals surface area contributed by atoms with Crippen molar-refractivity contribution in [3.05, 3.63) is 35.9 Å². The van der Waals surface area contributed by atoms with E-state index < -0.39 is 29.9 Å². The minimum absolute atomic E-state index is 0.149. The Bertz CT molecular complexity index is 504. The maximum absolute atomic E-state index is 11.2. The molecule has 0 saturated carbocycles. The van der Waals surface area contributed by atoms with Gasteiger partial charge in [0.1, 0.15) is 0 Å². The Morgan fingerprint density at radius 2 is 1.76 bits per heavy atom. The first kappa shape index (κ1) is 15.5. The Balaban J connectivity index is 2.00. The lowest BCUT2D eigenvalue weighted by molar-refractivity contribution is -0.157. The average molecular weight is 293 g/mol. The van der Waals surface area contributed by atoms with E-state index in [-0.39, 0.29) is 13.0 Å². The van der Waals surface area contributed by atoms with Gasteiger partial charge in [-0.25, -0.2) is 0 Å². The molecular weight excluding hydrogens is 274 g/mol. The average Bonchev–Trinajstić information content (AvgIpc) is 2.47. The molecule has 2 rings (SSSR count). The van der Waals surface area contributed by atoms with Crippen LogP contribution in [-0.4, -0.2) is 51.8 Å². The minimum Gasteiger partial charge on any atom is -0.481 e. The Morgan fingerprint density at radius 1 is 1.14 bits per heavy atom. The van der Waals surface area contributed by atoms with Crippen LogP contribution in [0.15, 0.2) is 30.3 Å². The van der Waals surface area contributed by atoms with E-state index in [1.54, 1.807) is 0 Å². The zero-order valence-corrected chi connectivity index (χ0v) is 11.6. The molecule has 1 aliphatic heterocycles. The van der Waals surface area contributed by atoms with Crippen molar-refractivity contribution in [1.29, 1.82) is 0 Å². The van der Waals surface area contributed by atoms with Gasteiger partial charge in [0.05, 0.1) is 17.9 Å². The fourth-order valence-electron chi connectivity index (χ4n) is 2.76. The smallest absolute Gasteiger partial charge is 0.308 e. The Kier molecular flexibility index (Phi) is 4.93. The molecule has 1 aromatic rings. The molecule has 3 unspecified atom stereocenters. The van der Waals surface area contributed by atoms with Crippen LogP contribution in [0.25, 0.3) is 0 Å². The summed E-state index contributed by atoms with van der Waals surface area (Å²) in [5, 5.41) is 28.4. The molecule has 0 aliphatic carbocycles. The van der Waals surface area contributed by atoms with Crippen LogP contribution in [0, 0.1) is 11.8 Å². The van der Waals surface area contributed by atoms with E-state index in [0.29, 0.717) is 13.1 Å². The second-order valence-electron chi connectivity index (χ2n) is 5.36. The first-order valence-corrected chi connectivity index (χ1v) is 6.90. The summed E-state index contributed by atoms with van der Waals surface area (Å²) < 4.78 is 0. The van der Waals surface area contributed by atoms with Crippen molar-refractivity contribution in [2.75, 3.05) is 19.6 Å². The van der Waals surface area contributed by atoms with Gasteiger partial charge in [-0.15, -0.1) is 0 Å². The van der Waals surface area contributed by atoms with Crippen molar-refractivity contribution in [3.63, 3.8) is 0 Å². The molecule has 1 fully saturated rings. The number of nitrogens with zero attached hydrogens (tertiary/aromatic N) is 1. The van der Waals surface area contributed by atoms with Crippen LogP contribution in [0.3, 0.4) is 0 Å². The minimum atomic E-state index is -1.10. The molecule has 3 atom stereocenters. The summed E-state index contributed by atoms with van der Waals surface area (Å²) in [6.45, 7) is 0.932. The van der Waals surface area contributed by atoms with Gasteiger partial charge in [0.2, 0.25) is 0 Å². The molecule has 114 valence electrons. The number of β-amino-alcohol motifs (C(OH)–C–C–N with tert-alkyl or cyclic N) is 1. The lowest BCUT2D eigenvalue weighted by Crippen LogP contribution is -2.47. The van der Waals surface area contributed by atoms with Gasteiger partial charge >= 0.3 is 11.9 Å². The van der Waals surface area contributed by atoms with Crippen LogP contribution in [0.5, 0.6) is 0 Å². The molecule has 0 bridgehead atoms. The topological polar surface area (TPSA) is 98.1 Å². The fraction of sp³-hybridized carbons (Fsp3) is 0.467. The van der Waals surface area contributed by atoms with E-state index in [9.17, 15) is 19.8 Å². The fourth-order valence-corrected chi connectivity index (χ4v) is 2.76. The van der Waals surface area contributed by atoms with E-state index in [1.165, 1.54) is 0 Å². The van der Waals surface area contributed by atoms with Crippen molar-refractivity contribution < 1.29 is 24.9 Å². The zero-order valence-electron chi connectivity index (χ0n) is 11.6. The summed E-state index contributed by atoms with van der Waals surface area (Å²) in [6.07, 6.45) is -0.421. The maximum atomic E-state index is 11.2. The lowest BCUT2D eigenvalue weighted by Gasteiger charge is -2.35. The number of benzene rings is 1. The number of carboxylic acids is 2. The highest BCUT2D eigenvalue weighted by Crippen LogP contribution is 2.26. The van der Waals surface area contributed by atoms with Crippen LogP contribution >= 0.6 is 0 Å². The van der Waals surface area contributed by atoms with E-state index in [1.807, 2.05) is 35.2 Å². The highest BCUT2D eigenvalue weighted by Gasteiger charge is 2.39. The summed E-state index contributed by atoms with van der Waals surface area (Å²) in [4.78, 5) is 24.1. The molecule has 6 nitrogen and oxygen atoms in total. The Hall–Kier alpha value is -1.92. The first-order chi connectivity index (χ1) is 9.99. The van der Waals surface area contributed by atoms with Gasteiger partial charge in [0.15, 0.2) is 0 Å². The first-order valence-electron chi connectivity index (χ1n) is 6.90. The molecule has 1 aliphatic rings. The number of carboxylic acid groups (broad SMARTS) is 2. The van der Waals surface area contributed by atoms with Crippen molar-refractivity contribution >= 4 is 11.9 Å². The van der Waals surface area contributed by atoms with Crippen molar-refractivity contribution in [2.24, 2.45) is 11.8 Å². The van der Waals surface area contributed by atoms with Crippen LogP contribution in [-0.2, 0) is 9.59 Å². The lowest BCUT2D eigenvalue weighted by atomic mass is 9.85. The predicted octanol–water partition coefficient (Wildman–Crippen LogP) is 0.827. The summed E-state index contributed by atoms with van der Waals surface area (Å²) in [5.74, 6) is -3.95. The molecule has 0 aromatic heterocycles. The number of likely N-dealkylation sites (tertiary alicyclic amines) is 1. The predicted molar refractivity (Wildman–Crippen MR) is 74.7 cm³/mol. The van der Waals surface area contributed by atoms with Crippen LogP contribution in [0.2, 0.25) is 0 Å². The largest absolute Gasteiger partial charge is 0.481 e. The number of hydrogen-bond acceptors (Lipinski definition) is 4. The normalized spacial score (nSPS) is 24.4. The van der Waals surface area contributed by atoms with Gasteiger partial charge < -0.3 is 15.3 Å². The third-order valence-electron chi connectivity index (χ3n) is 3.95. The molecule has 0 radical (unpaired) electrons. The third kappa shape index (κ3) is 3.80. The van der Waals surface area contributed by atoms with E-state index in [2.05, 4.69) is 0 Å².